The second-order valence-electron chi connectivity index (χ2n) is 8.63. The molecule has 4 aromatic rings. The number of imidazole rings is 1. The van der Waals surface area contributed by atoms with Crippen molar-refractivity contribution in [3.05, 3.63) is 84.1 Å². The van der Waals surface area contributed by atoms with Crippen molar-refractivity contribution in [2.45, 2.75) is 31.6 Å². The minimum absolute atomic E-state index is 0.00621. The molecule has 1 aliphatic heterocycles. The normalized spacial score (nSPS) is 15.2. The van der Waals surface area contributed by atoms with Gasteiger partial charge in [-0.15, -0.1) is 0 Å². The number of sulfone groups is 1. The molecule has 0 saturated carbocycles. The van der Waals surface area contributed by atoms with Gasteiger partial charge in [0.2, 0.25) is 5.95 Å². The van der Waals surface area contributed by atoms with Gasteiger partial charge in [-0.1, -0.05) is 30.3 Å². The van der Waals surface area contributed by atoms with Crippen molar-refractivity contribution in [1.82, 2.24) is 19.5 Å². The minimum Gasteiger partial charge on any atom is -0.354 e. The van der Waals surface area contributed by atoms with Crippen LogP contribution in [0.2, 0.25) is 0 Å². The fraction of sp³-hybridized carbons (Fsp3) is 0.269. The zero-order valence-electron chi connectivity index (χ0n) is 19.4. The number of fused-ring (bicyclic) bond motifs is 1. The second-order valence-corrected chi connectivity index (χ2v) is 10.7. The zero-order valence-corrected chi connectivity index (χ0v) is 20.2. The largest absolute Gasteiger partial charge is 0.354 e. The van der Waals surface area contributed by atoms with Gasteiger partial charge in [-0.05, 0) is 49.2 Å². The first-order chi connectivity index (χ1) is 16.9. The van der Waals surface area contributed by atoms with E-state index >= 15 is 0 Å². The lowest BCUT2D eigenvalue weighted by atomic mass is 10.1. The lowest BCUT2D eigenvalue weighted by molar-refractivity contribution is 0.549. The van der Waals surface area contributed by atoms with Gasteiger partial charge in [-0.2, -0.15) is 0 Å². The van der Waals surface area contributed by atoms with Crippen molar-refractivity contribution in [2.24, 2.45) is 0 Å². The quantitative estimate of drug-likeness (QED) is 0.385. The predicted molar refractivity (Wildman–Crippen MR) is 134 cm³/mol. The molecule has 9 heteroatoms. The number of anilines is 1. The van der Waals surface area contributed by atoms with Crippen LogP contribution in [0.1, 0.15) is 30.8 Å². The lowest BCUT2D eigenvalue weighted by Gasteiger charge is -2.18. The third kappa shape index (κ3) is 4.95. The second kappa shape index (κ2) is 9.58. The van der Waals surface area contributed by atoms with E-state index in [-0.39, 0.29) is 23.4 Å². The van der Waals surface area contributed by atoms with Crippen LogP contribution in [0.3, 0.4) is 0 Å². The Morgan fingerprint density at radius 3 is 2.57 bits per heavy atom. The highest BCUT2D eigenvalue weighted by Crippen LogP contribution is 2.40. The highest BCUT2D eigenvalue weighted by atomic mass is 32.2. The summed E-state index contributed by atoms with van der Waals surface area (Å²) in [6.45, 7) is 2.63. The monoisotopic (exact) mass is 491 g/mol. The van der Waals surface area contributed by atoms with Crippen LogP contribution in [0.25, 0.3) is 22.6 Å². The van der Waals surface area contributed by atoms with E-state index in [4.69, 9.17) is 4.98 Å². The summed E-state index contributed by atoms with van der Waals surface area (Å²) in [6, 6.07) is 16.9. The van der Waals surface area contributed by atoms with Gasteiger partial charge in [0.15, 0.2) is 9.84 Å². The van der Waals surface area contributed by atoms with Gasteiger partial charge in [-0.25, -0.2) is 27.8 Å². The van der Waals surface area contributed by atoms with Crippen molar-refractivity contribution < 1.29 is 12.8 Å². The van der Waals surface area contributed by atoms with Gasteiger partial charge in [0.25, 0.3) is 0 Å². The van der Waals surface area contributed by atoms with Crippen molar-refractivity contribution in [3.8, 4) is 22.6 Å². The molecule has 0 amide bonds. The maximum Gasteiger partial charge on any atom is 0.223 e. The summed E-state index contributed by atoms with van der Waals surface area (Å²) in [4.78, 5) is 13.8. The van der Waals surface area contributed by atoms with Gasteiger partial charge < -0.3 is 9.88 Å². The van der Waals surface area contributed by atoms with Crippen molar-refractivity contribution in [3.63, 3.8) is 0 Å². The Hall–Kier alpha value is -3.59. The molecule has 5 rings (SSSR count). The van der Waals surface area contributed by atoms with Gasteiger partial charge >= 0.3 is 0 Å². The average Bonchev–Trinajstić information content (AvgIpc) is 3.40. The van der Waals surface area contributed by atoms with Gasteiger partial charge in [0.1, 0.15) is 11.6 Å². The molecule has 0 aliphatic carbocycles. The Morgan fingerprint density at radius 1 is 1.06 bits per heavy atom. The number of hydrogen-bond donors (Lipinski definition) is 1. The lowest BCUT2D eigenvalue weighted by Crippen LogP contribution is -2.20. The number of rotatable bonds is 8. The molecule has 1 atom stereocenters. The van der Waals surface area contributed by atoms with E-state index in [9.17, 15) is 12.8 Å². The van der Waals surface area contributed by atoms with Crippen molar-refractivity contribution in [1.29, 1.82) is 0 Å². The molecule has 2 aromatic heterocycles. The summed E-state index contributed by atoms with van der Waals surface area (Å²) in [7, 11) is -3.38. The van der Waals surface area contributed by atoms with Gasteiger partial charge in [-0.3, -0.25) is 0 Å². The van der Waals surface area contributed by atoms with Crippen LogP contribution < -0.4 is 5.32 Å². The third-order valence-corrected chi connectivity index (χ3v) is 7.74. The number of nitrogens with one attached hydrogen (secondary N) is 1. The SMILES string of the molecule is CCNc1nccc(-c2c(-c3ccc(F)cc3)nc3n2C(CS(=O)(=O)Cc2ccccc2)CC3)n1. The minimum atomic E-state index is -3.38. The molecule has 35 heavy (non-hydrogen) atoms. The Kier molecular flexibility index (Phi) is 6.34. The van der Waals surface area contributed by atoms with Crippen molar-refractivity contribution in [2.75, 3.05) is 17.6 Å². The number of benzene rings is 2. The molecule has 1 N–H and O–H groups in total. The molecule has 0 fully saturated rings. The first-order valence-electron chi connectivity index (χ1n) is 11.6. The zero-order chi connectivity index (χ0) is 24.4. The van der Waals surface area contributed by atoms with Gasteiger partial charge in [0.05, 0.1) is 28.6 Å². The van der Waals surface area contributed by atoms with Crippen LogP contribution in [-0.2, 0) is 22.0 Å². The Balaban J connectivity index is 1.57. The van der Waals surface area contributed by atoms with E-state index in [1.165, 1.54) is 12.1 Å². The number of halogens is 1. The number of nitrogens with zero attached hydrogens (tertiary/aromatic N) is 4. The first-order valence-corrected chi connectivity index (χ1v) is 13.4. The van der Waals surface area contributed by atoms with Crippen LogP contribution in [0.15, 0.2) is 66.9 Å². The maximum atomic E-state index is 13.6. The van der Waals surface area contributed by atoms with E-state index in [1.807, 2.05) is 41.8 Å². The van der Waals surface area contributed by atoms with Crippen LogP contribution >= 0.6 is 0 Å². The van der Waals surface area contributed by atoms with Crippen LogP contribution in [0, 0.1) is 5.82 Å². The summed E-state index contributed by atoms with van der Waals surface area (Å²) >= 11 is 0. The highest BCUT2D eigenvalue weighted by Gasteiger charge is 2.33. The maximum absolute atomic E-state index is 13.6. The molecule has 180 valence electrons. The van der Waals surface area contributed by atoms with E-state index in [0.717, 1.165) is 22.6 Å². The molecular weight excluding hydrogens is 465 g/mol. The smallest absolute Gasteiger partial charge is 0.223 e. The Bertz CT molecular complexity index is 1440. The van der Waals surface area contributed by atoms with E-state index in [1.54, 1.807) is 24.4 Å². The fourth-order valence-corrected chi connectivity index (χ4v) is 6.32. The topological polar surface area (TPSA) is 89.8 Å². The molecule has 7 nitrogen and oxygen atoms in total. The van der Waals surface area contributed by atoms with Crippen LogP contribution in [0.5, 0.6) is 0 Å². The summed E-state index contributed by atoms with van der Waals surface area (Å²) in [6.07, 6.45) is 3.01. The highest BCUT2D eigenvalue weighted by molar-refractivity contribution is 7.90. The Morgan fingerprint density at radius 2 is 1.83 bits per heavy atom. The van der Waals surface area contributed by atoms with Gasteiger partial charge in [0, 0.05) is 30.8 Å². The van der Waals surface area contributed by atoms with E-state index in [2.05, 4.69) is 15.3 Å². The van der Waals surface area contributed by atoms with Crippen LogP contribution in [0.4, 0.5) is 10.3 Å². The predicted octanol–water partition coefficient (Wildman–Crippen LogP) is 4.68. The molecule has 1 aliphatic rings. The van der Waals surface area contributed by atoms with Crippen molar-refractivity contribution >= 4 is 15.8 Å². The third-order valence-electron chi connectivity index (χ3n) is 6.08. The summed E-state index contributed by atoms with van der Waals surface area (Å²) < 4.78 is 42.0. The number of aromatic nitrogens is 4. The standard InChI is InChI=1S/C26H26FN5O2S/c1-2-28-26-29-15-14-22(30-26)25-24(19-8-10-20(27)11-9-19)31-23-13-12-21(32(23)25)17-35(33,34)16-18-6-4-3-5-7-18/h3-11,14-15,21H,2,12-13,16-17H2,1H3,(H,28,29,30). The molecule has 0 bridgehead atoms. The molecule has 1 unspecified atom stereocenters. The van der Waals surface area contributed by atoms with E-state index < -0.39 is 9.84 Å². The first kappa shape index (κ1) is 23.2. The molecule has 2 aromatic carbocycles. The molecular formula is C26H26FN5O2S. The molecule has 0 radical (unpaired) electrons. The van der Waals surface area contributed by atoms with E-state index in [0.29, 0.717) is 36.7 Å². The molecule has 3 heterocycles. The number of aryl methyl sites for hydroxylation is 1. The average molecular weight is 492 g/mol. The number of hydrogen-bond acceptors (Lipinski definition) is 6. The summed E-state index contributed by atoms with van der Waals surface area (Å²) in [5, 5.41) is 3.12. The van der Waals surface area contributed by atoms with Crippen LogP contribution in [-0.4, -0.2) is 40.2 Å². The summed E-state index contributed by atoms with van der Waals surface area (Å²) in [5.41, 5.74) is 3.55. The summed E-state index contributed by atoms with van der Waals surface area (Å²) in [5.74, 6) is 0.960. The fourth-order valence-electron chi connectivity index (χ4n) is 4.60. The molecule has 0 spiro atoms. The Labute approximate surface area is 204 Å². The molecule has 0 saturated heterocycles.